The van der Waals surface area contributed by atoms with E-state index in [2.05, 4.69) is 137 Å². The summed E-state index contributed by atoms with van der Waals surface area (Å²) in [5.74, 6) is 2.57. The molecule has 0 saturated heterocycles. The van der Waals surface area contributed by atoms with E-state index in [0.29, 0.717) is 0 Å². The van der Waals surface area contributed by atoms with E-state index in [1.807, 2.05) is 280 Å². The molecule has 0 saturated carbocycles. The largest absolute Gasteiger partial charge is 0.323 e. The van der Waals surface area contributed by atoms with Crippen LogP contribution in [0, 0.1) is 48.5 Å². The molecule has 32 heteroatoms. The van der Waals surface area contributed by atoms with Crippen LogP contribution in [0.15, 0.2) is 131 Å². The molecule has 12 rings (SSSR count). The van der Waals surface area contributed by atoms with Crippen molar-refractivity contribution in [3.05, 3.63) is 171 Å². The van der Waals surface area contributed by atoms with E-state index >= 15 is 0 Å². The summed E-state index contributed by atoms with van der Waals surface area (Å²) in [6, 6.07) is 5.69. The van der Waals surface area contributed by atoms with Gasteiger partial charge in [-0.3, -0.25) is 39.5 Å². The Morgan fingerprint density at radius 3 is 0.802 bits per heavy atom. The second kappa shape index (κ2) is 109. The van der Waals surface area contributed by atoms with Crippen LogP contribution in [0.3, 0.4) is 0 Å². The van der Waals surface area contributed by atoms with E-state index in [9.17, 15) is 0 Å². The fourth-order valence-corrected chi connectivity index (χ4v) is 3.45. The van der Waals surface area contributed by atoms with Gasteiger partial charge in [0.05, 0.1) is 42.4 Å². The molecule has 12 aromatic heterocycles. The predicted molar refractivity (Wildman–Crippen MR) is 398 cm³/mol. The van der Waals surface area contributed by atoms with Crippen molar-refractivity contribution in [1.82, 2.24) is 161 Å². The number of H-pyrrole nitrogens is 7. The number of aryl methyl sites for hydroxylation is 12. The van der Waals surface area contributed by atoms with Crippen LogP contribution in [0.2, 0.25) is 0 Å². The highest BCUT2D eigenvalue weighted by molar-refractivity contribution is 4.97. The average molecular weight is 1350 g/mol. The molecule has 0 aliphatic heterocycles. The zero-order chi connectivity index (χ0) is 76.9. The van der Waals surface area contributed by atoms with Gasteiger partial charge in [-0.2, -0.15) is 86.6 Å². The Morgan fingerprint density at radius 1 is 0.344 bits per heavy atom. The smallest absolute Gasteiger partial charge is 0.137 e. The number of hydrogen-bond acceptors (Lipinski definition) is 20. The molecule has 0 unspecified atom stereocenters. The minimum atomic E-state index is 0.856. The number of nitrogens with one attached hydrogen (secondary N) is 7. The van der Waals surface area contributed by atoms with Crippen molar-refractivity contribution in [2.75, 3.05) is 0 Å². The van der Waals surface area contributed by atoms with Crippen LogP contribution in [-0.4, -0.2) is 161 Å². The van der Waals surface area contributed by atoms with E-state index in [0.717, 1.165) is 34.6 Å². The zero-order valence-corrected chi connectivity index (χ0v) is 66.3. The standard InChI is InChI=1S/4C4H6N2.8C3H5N3.12C2H6/c1-4-2-5-6-3-4;2*1-6-4-2-3-5-6;1-4-2-3-5-6-4;1-6-2-4-5-3-6;1-6-3-4-2-5-6;1-6-4-2-3-5-6;3*1-3-4-2-5-6-3;2*1-3-2-4-6-5-3;12*1-2/h2-3H,1H3,(H,5,6);2*2-4H,1H3;2-3H,1H3,(H,5,6);3*2-3H,1H3;5*2H,1H3,(H,4,5,6);12*1-2H3. The number of hydrogen-bond donors (Lipinski definition) is 7. The average Bonchev–Trinajstić information content (AvgIpc) is 4.46. The van der Waals surface area contributed by atoms with Gasteiger partial charge in [0, 0.05) is 78.1 Å². The maximum absolute atomic E-state index is 3.83. The molecule has 0 bridgehead atoms. The first-order valence-corrected chi connectivity index (χ1v) is 33.0. The summed E-state index contributed by atoms with van der Waals surface area (Å²) >= 11 is 0. The van der Waals surface area contributed by atoms with Crippen LogP contribution in [0.4, 0.5) is 0 Å². The zero-order valence-electron chi connectivity index (χ0n) is 66.3. The van der Waals surface area contributed by atoms with Crippen molar-refractivity contribution in [3.63, 3.8) is 0 Å². The summed E-state index contributed by atoms with van der Waals surface area (Å²) < 4.78 is 6.92. The Bertz CT molecular complexity index is 2030. The SMILES string of the molecule is CC.CC.CC.CC.CC.CC.CC.CC.CC.CC.CC.CC.Cc1ccn[nH]1.Cc1cn[nH]c1.Cc1cn[nH]n1.Cc1cn[nH]n1.Cc1ncn[nH]1.Cc1ncn[nH]1.Cc1ncn[nH]1.Cn1cccn1.Cn1cccn1.Cn1cncn1.Cn1cnnc1.Cn1nccn1. The first-order valence-electron chi connectivity index (χ1n) is 33.0. The molecule has 96 heavy (non-hydrogen) atoms. The van der Waals surface area contributed by atoms with E-state index in [1.54, 1.807) is 94.2 Å². The number of aromatic nitrogens is 32. The van der Waals surface area contributed by atoms with Crippen molar-refractivity contribution in [2.45, 2.75) is 215 Å². The van der Waals surface area contributed by atoms with Gasteiger partial charge in [-0.1, -0.05) is 166 Å². The highest BCUT2D eigenvalue weighted by Gasteiger charge is 1.80. The van der Waals surface area contributed by atoms with Crippen LogP contribution in [0.25, 0.3) is 0 Å². The quantitative estimate of drug-likeness (QED) is 0.0741. The molecular formula is C64H136N32. The molecule has 7 N–H and O–H groups in total. The Morgan fingerprint density at radius 2 is 0.719 bits per heavy atom. The molecule has 12 aromatic rings. The molecule has 0 aliphatic rings. The predicted octanol–water partition coefficient (Wildman–Crippen LogP) is 14.6. The summed E-state index contributed by atoms with van der Waals surface area (Å²) in [5.41, 5.74) is 4.13. The third-order valence-corrected chi connectivity index (χ3v) is 6.83. The lowest BCUT2D eigenvalue weighted by Gasteiger charge is -1.77. The van der Waals surface area contributed by atoms with Crippen molar-refractivity contribution < 1.29 is 0 Å². The van der Waals surface area contributed by atoms with Gasteiger partial charge in [-0.15, -0.1) is 10.2 Å². The lowest BCUT2D eigenvalue weighted by atomic mass is 10.4. The topological polar surface area (TPSA) is 393 Å². The number of aromatic amines is 7. The molecule has 32 nitrogen and oxygen atoms in total. The minimum Gasteiger partial charge on any atom is -0.323 e. The van der Waals surface area contributed by atoms with Crippen LogP contribution in [-0.2, 0) is 35.2 Å². The lowest BCUT2D eigenvalue weighted by Crippen LogP contribution is -1.89. The van der Waals surface area contributed by atoms with Crippen LogP contribution < -0.4 is 0 Å². The van der Waals surface area contributed by atoms with Crippen molar-refractivity contribution in [1.29, 1.82) is 0 Å². The molecule has 0 spiro atoms. The summed E-state index contributed by atoms with van der Waals surface area (Å²) in [7, 11) is 9.26. The van der Waals surface area contributed by atoms with Gasteiger partial charge in [0.25, 0.3) is 0 Å². The molecule has 0 fully saturated rings. The van der Waals surface area contributed by atoms with Crippen molar-refractivity contribution in [3.8, 4) is 0 Å². The molecule has 0 aromatic carbocycles. The second-order valence-electron chi connectivity index (χ2n) is 13.5. The molecule has 12 heterocycles. The molecular weight excluding hydrogens is 1220 g/mol. The van der Waals surface area contributed by atoms with Gasteiger partial charge in [0.15, 0.2) is 0 Å². The summed E-state index contributed by atoms with van der Waals surface area (Å²) in [4.78, 5) is 16.4. The first kappa shape index (κ1) is 113. The fraction of sp³-hybridized carbons (Fsp3) is 0.562. The summed E-state index contributed by atoms with van der Waals surface area (Å²) in [6.45, 7) is 61.3. The maximum Gasteiger partial charge on any atom is 0.137 e. The van der Waals surface area contributed by atoms with Crippen LogP contribution in [0.5, 0.6) is 0 Å². The number of nitrogens with zero attached hydrogens (tertiary/aromatic N) is 25. The summed E-state index contributed by atoms with van der Waals surface area (Å²) in [5, 5.41) is 76.8. The summed E-state index contributed by atoms with van der Waals surface area (Å²) in [6.07, 6.45) is 30.1. The van der Waals surface area contributed by atoms with Crippen molar-refractivity contribution in [2.24, 2.45) is 35.2 Å². The molecule has 0 amide bonds. The van der Waals surface area contributed by atoms with E-state index in [-0.39, 0.29) is 0 Å². The van der Waals surface area contributed by atoms with E-state index in [1.165, 1.54) is 35.7 Å². The Labute approximate surface area is 579 Å². The fourth-order valence-electron chi connectivity index (χ4n) is 3.45. The Hall–Kier alpha value is -10.0. The van der Waals surface area contributed by atoms with Gasteiger partial charge in [0.2, 0.25) is 0 Å². The van der Waals surface area contributed by atoms with Gasteiger partial charge in [-0.05, 0) is 72.2 Å². The third kappa shape index (κ3) is 106. The van der Waals surface area contributed by atoms with Gasteiger partial charge in [-0.25, -0.2) is 19.9 Å². The molecule has 0 aliphatic carbocycles. The highest BCUT2D eigenvalue weighted by Crippen LogP contribution is 1.85. The molecule has 0 atom stereocenters. The lowest BCUT2D eigenvalue weighted by molar-refractivity contribution is 0.654. The molecule has 552 valence electrons. The minimum absolute atomic E-state index is 0.856. The Kier molecular flexibility index (Phi) is 129. The normalized spacial score (nSPS) is 7.38. The van der Waals surface area contributed by atoms with Gasteiger partial charge >= 0.3 is 0 Å². The Balaban J connectivity index is -0.0000000779. The van der Waals surface area contributed by atoms with E-state index < -0.39 is 0 Å². The molecule has 0 radical (unpaired) electrons. The van der Waals surface area contributed by atoms with E-state index in [4.69, 9.17) is 0 Å². The highest BCUT2D eigenvalue weighted by atomic mass is 15.4. The maximum atomic E-state index is 3.83. The monoisotopic (exact) mass is 1350 g/mol. The van der Waals surface area contributed by atoms with Gasteiger partial charge < -0.3 is 4.57 Å². The first-order chi connectivity index (χ1) is 46.7. The third-order valence-electron chi connectivity index (χ3n) is 6.83. The number of rotatable bonds is 0. The van der Waals surface area contributed by atoms with Crippen molar-refractivity contribution >= 4 is 0 Å². The van der Waals surface area contributed by atoms with Gasteiger partial charge in [0.1, 0.15) is 61.8 Å². The van der Waals surface area contributed by atoms with Crippen LogP contribution in [0.1, 0.15) is 206 Å². The second-order valence-corrected chi connectivity index (χ2v) is 13.5. The van der Waals surface area contributed by atoms with Crippen LogP contribution >= 0.6 is 0 Å².